The second-order valence-electron chi connectivity index (χ2n) is 7.39. The number of carbonyl (C=O) groups is 2. The molecule has 130 valence electrons. The molecule has 4 heterocycles. The minimum absolute atomic E-state index is 0.0624. The average Bonchev–Trinajstić information content (AvgIpc) is 2.69. The quantitative estimate of drug-likeness (QED) is 0.819. The molecule has 3 aliphatic heterocycles. The van der Waals surface area contributed by atoms with Gasteiger partial charge in [0.15, 0.2) is 0 Å². The second kappa shape index (κ2) is 6.06. The van der Waals surface area contributed by atoms with E-state index in [1.807, 2.05) is 9.80 Å². The number of piperidine rings is 1. The van der Waals surface area contributed by atoms with Gasteiger partial charge in [-0.3, -0.25) is 14.3 Å². The van der Waals surface area contributed by atoms with Crippen LogP contribution in [-0.4, -0.2) is 57.1 Å². The van der Waals surface area contributed by atoms with Gasteiger partial charge in [0.05, 0.1) is 11.2 Å². The highest BCUT2D eigenvalue weighted by molar-refractivity contribution is 6.33. The van der Waals surface area contributed by atoms with Crippen molar-refractivity contribution in [3.8, 4) is 0 Å². The van der Waals surface area contributed by atoms with E-state index < -0.39 is 0 Å². The molecule has 1 saturated carbocycles. The van der Waals surface area contributed by atoms with Gasteiger partial charge in [0.25, 0.3) is 5.91 Å². The number of nitrogens with zero attached hydrogens (tertiary/aromatic N) is 4. The molecule has 2 bridgehead atoms. The Morgan fingerprint density at radius 3 is 2.58 bits per heavy atom. The smallest absolute Gasteiger partial charge is 0.273 e. The maximum atomic E-state index is 13.0. The van der Waals surface area contributed by atoms with Gasteiger partial charge in [-0.1, -0.05) is 18.0 Å². The van der Waals surface area contributed by atoms with E-state index in [2.05, 4.69) is 5.10 Å². The minimum Gasteiger partial charge on any atom is -0.340 e. The van der Waals surface area contributed by atoms with Gasteiger partial charge in [0.2, 0.25) is 5.91 Å². The zero-order chi connectivity index (χ0) is 16.8. The summed E-state index contributed by atoms with van der Waals surface area (Å²) in [4.78, 5) is 29.6. The zero-order valence-corrected chi connectivity index (χ0v) is 14.7. The van der Waals surface area contributed by atoms with Gasteiger partial charge in [-0.15, -0.1) is 0 Å². The first-order valence-electron chi connectivity index (χ1n) is 8.82. The summed E-state index contributed by atoms with van der Waals surface area (Å²) in [5.74, 6) is 0.820. The maximum absolute atomic E-state index is 13.0. The number of hydrogen-bond acceptors (Lipinski definition) is 3. The summed E-state index contributed by atoms with van der Waals surface area (Å²) in [6.07, 6.45) is 6.77. The molecule has 0 unspecified atom stereocenters. The Bertz CT molecular complexity index is 650. The summed E-state index contributed by atoms with van der Waals surface area (Å²) < 4.78 is 1.54. The molecule has 0 aromatic carbocycles. The van der Waals surface area contributed by atoms with Crippen LogP contribution in [0.2, 0.25) is 5.02 Å². The fourth-order valence-electron chi connectivity index (χ4n) is 4.21. The molecule has 0 spiro atoms. The van der Waals surface area contributed by atoms with Crippen molar-refractivity contribution in [2.45, 2.75) is 38.1 Å². The van der Waals surface area contributed by atoms with Crippen molar-refractivity contribution in [2.75, 3.05) is 19.6 Å². The Hall–Kier alpha value is -1.56. The third-order valence-electron chi connectivity index (χ3n) is 5.84. The van der Waals surface area contributed by atoms with Crippen LogP contribution >= 0.6 is 11.6 Å². The van der Waals surface area contributed by atoms with Crippen LogP contribution in [0.1, 0.15) is 42.6 Å². The van der Waals surface area contributed by atoms with Gasteiger partial charge >= 0.3 is 0 Å². The van der Waals surface area contributed by atoms with Gasteiger partial charge in [-0.25, -0.2) is 0 Å². The molecule has 2 amide bonds. The molecule has 7 heteroatoms. The van der Waals surface area contributed by atoms with Crippen LogP contribution in [-0.2, 0) is 11.8 Å². The highest BCUT2D eigenvalue weighted by atomic mass is 35.5. The highest BCUT2D eigenvalue weighted by Crippen LogP contribution is 2.34. The molecule has 3 saturated heterocycles. The number of aryl methyl sites for hydroxylation is 1. The number of hydrogen-bond donors (Lipinski definition) is 0. The van der Waals surface area contributed by atoms with Gasteiger partial charge in [-0.2, -0.15) is 5.10 Å². The van der Waals surface area contributed by atoms with Crippen molar-refractivity contribution in [1.82, 2.24) is 19.6 Å². The predicted molar refractivity (Wildman–Crippen MR) is 89.7 cm³/mol. The molecule has 6 nitrogen and oxygen atoms in total. The van der Waals surface area contributed by atoms with Gasteiger partial charge in [0, 0.05) is 38.6 Å². The fourth-order valence-corrected chi connectivity index (χ4v) is 4.46. The summed E-state index contributed by atoms with van der Waals surface area (Å²) in [5.41, 5.74) is 0.445. The molecule has 0 radical (unpaired) electrons. The SMILES string of the molecule is Cn1ncc(Cl)c1C(=O)N1C[C@@H]2CC[C@H]1CN(C(=O)C1CCC1)C2. The summed E-state index contributed by atoms with van der Waals surface area (Å²) in [6.45, 7) is 2.15. The molecule has 5 rings (SSSR count). The Labute approximate surface area is 146 Å². The highest BCUT2D eigenvalue weighted by Gasteiger charge is 2.41. The molecule has 1 aromatic heterocycles. The lowest BCUT2D eigenvalue weighted by atomic mass is 9.84. The second-order valence-corrected chi connectivity index (χ2v) is 7.80. The van der Waals surface area contributed by atoms with E-state index in [0.29, 0.717) is 35.6 Å². The predicted octanol–water partition coefficient (Wildman–Crippen LogP) is 1.94. The third-order valence-corrected chi connectivity index (χ3v) is 6.11. The minimum atomic E-state index is -0.0624. The van der Waals surface area contributed by atoms with E-state index in [1.165, 1.54) is 12.6 Å². The Morgan fingerprint density at radius 2 is 1.96 bits per heavy atom. The first kappa shape index (κ1) is 15.9. The molecule has 24 heavy (non-hydrogen) atoms. The van der Waals surface area contributed by atoms with Crippen molar-refractivity contribution in [3.05, 3.63) is 16.9 Å². The number of halogens is 1. The van der Waals surface area contributed by atoms with E-state index in [-0.39, 0.29) is 17.9 Å². The van der Waals surface area contributed by atoms with Crippen molar-refractivity contribution in [3.63, 3.8) is 0 Å². The van der Waals surface area contributed by atoms with Crippen molar-refractivity contribution < 1.29 is 9.59 Å². The monoisotopic (exact) mass is 350 g/mol. The van der Waals surface area contributed by atoms with E-state index in [4.69, 9.17) is 11.6 Å². The largest absolute Gasteiger partial charge is 0.340 e. The van der Waals surface area contributed by atoms with Crippen molar-refractivity contribution >= 4 is 23.4 Å². The molecule has 0 N–H and O–H groups in total. The molecular weight excluding hydrogens is 328 g/mol. The maximum Gasteiger partial charge on any atom is 0.273 e. The van der Waals surface area contributed by atoms with E-state index in [9.17, 15) is 9.59 Å². The molecular formula is C17H23ClN4O2. The van der Waals surface area contributed by atoms with Crippen LogP contribution in [0.5, 0.6) is 0 Å². The number of aromatic nitrogens is 2. The number of carbonyl (C=O) groups excluding carboxylic acids is 2. The topological polar surface area (TPSA) is 58.4 Å². The molecule has 1 aromatic rings. The van der Waals surface area contributed by atoms with Crippen molar-refractivity contribution in [2.24, 2.45) is 18.9 Å². The van der Waals surface area contributed by atoms with Crippen LogP contribution in [0.4, 0.5) is 0 Å². The average molecular weight is 351 g/mol. The fraction of sp³-hybridized carbons (Fsp3) is 0.706. The molecule has 4 fully saturated rings. The third kappa shape index (κ3) is 2.61. The molecule has 1 aliphatic carbocycles. The van der Waals surface area contributed by atoms with E-state index >= 15 is 0 Å². The lowest BCUT2D eigenvalue weighted by Crippen LogP contribution is -2.48. The zero-order valence-electron chi connectivity index (χ0n) is 13.9. The summed E-state index contributed by atoms with van der Waals surface area (Å²) >= 11 is 6.15. The molecule has 4 aliphatic rings. The number of fused-ring (bicyclic) bond motifs is 4. The van der Waals surface area contributed by atoms with Crippen LogP contribution < -0.4 is 0 Å². The van der Waals surface area contributed by atoms with E-state index in [0.717, 1.165) is 32.2 Å². The first-order valence-corrected chi connectivity index (χ1v) is 9.19. The first-order chi connectivity index (χ1) is 11.5. The van der Waals surface area contributed by atoms with Crippen LogP contribution in [0, 0.1) is 11.8 Å². The summed E-state index contributed by atoms with van der Waals surface area (Å²) in [6, 6.07) is 0.0891. The van der Waals surface area contributed by atoms with Crippen LogP contribution in [0.15, 0.2) is 6.20 Å². The van der Waals surface area contributed by atoms with Gasteiger partial charge < -0.3 is 9.80 Å². The number of amides is 2. The summed E-state index contributed by atoms with van der Waals surface area (Å²) in [5, 5.41) is 4.47. The number of rotatable bonds is 2. The summed E-state index contributed by atoms with van der Waals surface area (Å²) in [7, 11) is 1.74. The van der Waals surface area contributed by atoms with Crippen LogP contribution in [0.25, 0.3) is 0 Å². The van der Waals surface area contributed by atoms with Gasteiger partial charge in [0.1, 0.15) is 5.69 Å². The Balaban J connectivity index is 1.54. The van der Waals surface area contributed by atoms with E-state index in [1.54, 1.807) is 11.7 Å². The van der Waals surface area contributed by atoms with Crippen molar-refractivity contribution in [1.29, 1.82) is 0 Å². The Morgan fingerprint density at radius 1 is 1.17 bits per heavy atom. The lowest BCUT2D eigenvalue weighted by Gasteiger charge is -2.36. The Kier molecular flexibility index (Phi) is 4.03. The lowest BCUT2D eigenvalue weighted by molar-refractivity contribution is -0.138. The normalized spacial score (nSPS) is 27.1. The molecule has 2 atom stereocenters. The van der Waals surface area contributed by atoms with Crippen LogP contribution in [0.3, 0.4) is 0 Å². The van der Waals surface area contributed by atoms with Gasteiger partial charge in [-0.05, 0) is 31.6 Å². The standard InChI is InChI=1S/C17H23ClN4O2/c1-20-15(14(18)7-19-20)17(24)22-9-11-5-6-13(22)10-21(8-11)16(23)12-3-2-4-12/h7,11-13H,2-6,8-10H2,1H3/t11-,13+/m1/s1.